The fourth-order valence-corrected chi connectivity index (χ4v) is 5.97. The molecule has 1 heterocycles. The Balaban J connectivity index is 1.51. The highest BCUT2D eigenvalue weighted by molar-refractivity contribution is 7.92. The van der Waals surface area contributed by atoms with Gasteiger partial charge in [0.25, 0.3) is 10.0 Å². The van der Waals surface area contributed by atoms with E-state index in [1.807, 2.05) is 42.5 Å². The summed E-state index contributed by atoms with van der Waals surface area (Å²) in [6.07, 6.45) is -0.956. The molecular formula is C28H26N2O4S. The molecule has 0 saturated carbocycles. The average molecular weight is 487 g/mol. The average Bonchev–Trinajstić information content (AvgIpc) is 3.21. The number of aliphatic hydroxyl groups excluding tert-OH is 1. The molecule has 1 N–H and O–H groups in total. The zero-order valence-electron chi connectivity index (χ0n) is 19.3. The summed E-state index contributed by atoms with van der Waals surface area (Å²) in [4.78, 5) is 0.131. The van der Waals surface area contributed by atoms with Gasteiger partial charge in [0.1, 0.15) is 5.75 Å². The van der Waals surface area contributed by atoms with E-state index in [1.54, 1.807) is 36.4 Å². The molecule has 0 aliphatic rings. The van der Waals surface area contributed by atoms with Crippen molar-refractivity contribution in [1.29, 1.82) is 0 Å². The normalized spacial score (nSPS) is 12.6. The van der Waals surface area contributed by atoms with E-state index >= 15 is 0 Å². The molecule has 0 spiro atoms. The molecule has 0 aliphatic heterocycles. The molecule has 1 unspecified atom stereocenters. The number of para-hydroxylation sites is 3. The number of aliphatic hydroxyl groups is 1. The molecule has 6 nitrogen and oxygen atoms in total. The number of nitrogens with zero attached hydrogens (tertiary/aromatic N) is 2. The third-order valence-electron chi connectivity index (χ3n) is 6.14. The van der Waals surface area contributed by atoms with Crippen molar-refractivity contribution in [2.45, 2.75) is 17.5 Å². The van der Waals surface area contributed by atoms with E-state index in [1.165, 1.54) is 23.5 Å². The van der Waals surface area contributed by atoms with E-state index in [0.717, 1.165) is 21.8 Å². The highest BCUT2D eigenvalue weighted by Gasteiger charge is 2.28. The minimum absolute atomic E-state index is 0.0980. The molecule has 0 aliphatic carbocycles. The van der Waals surface area contributed by atoms with Crippen LogP contribution < -0.4 is 9.04 Å². The van der Waals surface area contributed by atoms with Crippen LogP contribution in [0.2, 0.25) is 0 Å². The van der Waals surface area contributed by atoms with Gasteiger partial charge in [-0.25, -0.2) is 8.42 Å². The number of hydrogen-bond acceptors (Lipinski definition) is 4. The molecule has 1 aromatic heterocycles. The van der Waals surface area contributed by atoms with Crippen LogP contribution in [0.5, 0.6) is 5.75 Å². The van der Waals surface area contributed by atoms with Crippen LogP contribution >= 0.6 is 0 Å². The number of anilines is 1. The maximum Gasteiger partial charge on any atom is 0.264 e. The van der Waals surface area contributed by atoms with Crippen LogP contribution in [0.4, 0.5) is 5.69 Å². The Labute approximate surface area is 204 Å². The first kappa shape index (κ1) is 23.0. The Morgan fingerprint density at radius 2 is 1.34 bits per heavy atom. The molecule has 7 heteroatoms. The molecule has 178 valence electrons. The van der Waals surface area contributed by atoms with Gasteiger partial charge in [-0.05, 0) is 48.5 Å². The molecule has 0 fully saturated rings. The minimum atomic E-state index is -3.93. The fraction of sp³-hybridized carbons (Fsp3) is 0.143. The lowest BCUT2D eigenvalue weighted by Crippen LogP contribution is -2.39. The summed E-state index contributed by atoms with van der Waals surface area (Å²) in [5, 5.41) is 13.4. The van der Waals surface area contributed by atoms with Crippen molar-refractivity contribution in [3.05, 3.63) is 103 Å². The van der Waals surface area contributed by atoms with Crippen LogP contribution in [-0.2, 0) is 16.6 Å². The van der Waals surface area contributed by atoms with Crippen molar-refractivity contribution in [3.8, 4) is 5.75 Å². The molecule has 5 aromatic rings. The van der Waals surface area contributed by atoms with Gasteiger partial charge in [-0.1, -0.05) is 54.6 Å². The van der Waals surface area contributed by atoms with Crippen LogP contribution in [0, 0.1) is 0 Å². The summed E-state index contributed by atoms with van der Waals surface area (Å²) in [7, 11) is -2.40. The number of methoxy groups -OCH3 is 1. The Hall–Kier alpha value is -3.81. The Bertz CT molecular complexity index is 1510. The second-order valence-corrected chi connectivity index (χ2v) is 10.2. The summed E-state index contributed by atoms with van der Waals surface area (Å²) >= 11 is 0. The Morgan fingerprint density at radius 3 is 1.91 bits per heavy atom. The molecule has 4 aromatic carbocycles. The zero-order chi connectivity index (χ0) is 24.4. The fourth-order valence-electron chi connectivity index (χ4n) is 4.47. The van der Waals surface area contributed by atoms with Crippen LogP contribution in [0.1, 0.15) is 0 Å². The van der Waals surface area contributed by atoms with E-state index in [2.05, 4.69) is 16.7 Å². The predicted octanol–water partition coefficient (Wildman–Crippen LogP) is 5.06. The smallest absolute Gasteiger partial charge is 0.264 e. The van der Waals surface area contributed by atoms with Crippen molar-refractivity contribution in [2.24, 2.45) is 0 Å². The van der Waals surface area contributed by atoms with E-state index in [-0.39, 0.29) is 18.0 Å². The van der Waals surface area contributed by atoms with E-state index in [4.69, 9.17) is 4.74 Å². The SMILES string of the molecule is COc1ccc(S(=O)(=O)N(CC(O)Cn2c3ccccc3c3ccccc32)c2ccccc2)cc1. The van der Waals surface area contributed by atoms with Gasteiger partial charge >= 0.3 is 0 Å². The maximum atomic E-state index is 13.7. The Kier molecular flexibility index (Phi) is 6.19. The van der Waals surface area contributed by atoms with Gasteiger partial charge in [0.05, 0.1) is 36.9 Å². The minimum Gasteiger partial charge on any atom is -0.497 e. The second kappa shape index (κ2) is 9.44. The second-order valence-electron chi connectivity index (χ2n) is 8.35. The highest BCUT2D eigenvalue weighted by atomic mass is 32.2. The molecule has 0 amide bonds. The predicted molar refractivity (Wildman–Crippen MR) is 139 cm³/mol. The highest BCUT2D eigenvalue weighted by Crippen LogP contribution is 2.30. The van der Waals surface area contributed by atoms with Crippen LogP contribution in [-0.4, -0.2) is 37.8 Å². The number of rotatable bonds is 8. The topological polar surface area (TPSA) is 71.8 Å². The number of benzene rings is 4. The summed E-state index contributed by atoms with van der Waals surface area (Å²) in [5.74, 6) is 0.571. The van der Waals surface area contributed by atoms with Crippen LogP contribution in [0.3, 0.4) is 0 Å². The quantitative estimate of drug-likeness (QED) is 0.333. The summed E-state index contributed by atoms with van der Waals surface area (Å²) in [6.45, 7) is 0.148. The first-order chi connectivity index (χ1) is 17.0. The molecule has 0 bridgehead atoms. The van der Waals surface area contributed by atoms with Crippen molar-refractivity contribution in [2.75, 3.05) is 18.0 Å². The largest absolute Gasteiger partial charge is 0.497 e. The third-order valence-corrected chi connectivity index (χ3v) is 7.95. The number of ether oxygens (including phenoxy) is 1. The standard InChI is InChI=1S/C28H26N2O4S/c1-34-23-15-17-24(18-16-23)35(32,33)30(21-9-3-2-4-10-21)20-22(31)19-29-27-13-7-5-11-25(27)26-12-6-8-14-28(26)29/h2-18,22,31H,19-20H2,1H3. The van der Waals surface area contributed by atoms with Crippen molar-refractivity contribution >= 4 is 37.5 Å². The molecule has 1 atom stereocenters. The van der Waals surface area contributed by atoms with Gasteiger partial charge in [0, 0.05) is 21.8 Å². The molecular weight excluding hydrogens is 460 g/mol. The van der Waals surface area contributed by atoms with Crippen LogP contribution in [0.25, 0.3) is 21.8 Å². The first-order valence-electron chi connectivity index (χ1n) is 11.3. The van der Waals surface area contributed by atoms with Crippen molar-refractivity contribution in [3.63, 3.8) is 0 Å². The Morgan fingerprint density at radius 1 is 0.800 bits per heavy atom. The van der Waals surface area contributed by atoms with Crippen LogP contribution in [0.15, 0.2) is 108 Å². The third kappa shape index (κ3) is 4.36. The zero-order valence-corrected chi connectivity index (χ0v) is 20.1. The van der Waals surface area contributed by atoms with E-state index in [0.29, 0.717) is 11.4 Å². The van der Waals surface area contributed by atoms with Gasteiger partial charge < -0.3 is 14.4 Å². The lowest BCUT2D eigenvalue weighted by atomic mass is 10.2. The molecule has 0 radical (unpaired) electrons. The summed E-state index contributed by atoms with van der Waals surface area (Å²) in [5.41, 5.74) is 2.48. The van der Waals surface area contributed by atoms with Gasteiger partial charge in [0.15, 0.2) is 0 Å². The molecule has 5 rings (SSSR count). The number of aromatic nitrogens is 1. The molecule has 0 saturated heterocycles. The van der Waals surface area contributed by atoms with Crippen molar-refractivity contribution < 1.29 is 18.3 Å². The monoisotopic (exact) mass is 486 g/mol. The van der Waals surface area contributed by atoms with E-state index < -0.39 is 16.1 Å². The van der Waals surface area contributed by atoms with Gasteiger partial charge in [-0.2, -0.15) is 0 Å². The van der Waals surface area contributed by atoms with Gasteiger partial charge in [-0.15, -0.1) is 0 Å². The summed E-state index contributed by atoms with van der Waals surface area (Å²) in [6, 6.07) is 31.2. The number of fused-ring (bicyclic) bond motifs is 3. The number of hydrogen-bond donors (Lipinski definition) is 1. The molecule has 35 heavy (non-hydrogen) atoms. The number of sulfonamides is 1. The maximum absolute atomic E-state index is 13.7. The van der Waals surface area contributed by atoms with Gasteiger partial charge in [0.2, 0.25) is 0 Å². The lowest BCUT2D eigenvalue weighted by molar-refractivity contribution is 0.166. The lowest BCUT2D eigenvalue weighted by Gasteiger charge is -2.27. The van der Waals surface area contributed by atoms with Crippen molar-refractivity contribution in [1.82, 2.24) is 4.57 Å². The first-order valence-corrected chi connectivity index (χ1v) is 12.8. The summed E-state index contributed by atoms with van der Waals surface area (Å²) < 4.78 is 35.8. The van der Waals surface area contributed by atoms with Gasteiger partial charge in [-0.3, -0.25) is 4.31 Å². The van der Waals surface area contributed by atoms with E-state index in [9.17, 15) is 13.5 Å².